The summed E-state index contributed by atoms with van der Waals surface area (Å²) in [6.45, 7) is 1.26. The summed E-state index contributed by atoms with van der Waals surface area (Å²) >= 11 is 1.59. The summed E-state index contributed by atoms with van der Waals surface area (Å²) in [6.07, 6.45) is 1.09. The summed E-state index contributed by atoms with van der Waals surface area (Å²) < 4.78 is 40.5. The molecule has 0 fully saturated rings. The van der Waals surface area contributed by atoms with Crippen LogP contribution < -0.4 is 16.4 Å². The van der Waals surface area contributed by atoms with Crippen LogP contribution in [0, 0.1) is 0 Å². The molecule has 1 aromatic heterocycles. The van der Waals surface area contributed by atoms with Crippen LogP contribution >= 0.6 is 18.7 Å². The van der Waals surface area contributed by atoms with Gasteiger partial charge in [0.1, 0.15) is 9.84 Å². The van der Waals surface area contributed by atoms with Gasteiger partial charge in [-0.3, -0.25) is 9.36 Å². The monoisotopic (exact) mass is 478 g/mol. The molecule has 0 bridgehead atoms. The van der Waals surface area contributed by atoms with E-state index in [0.717, 1.165) is 16.7 Å². The SMILES string of the molecule is CP(=O)(OCCS(C)(=O)=O)c1ccc(C(=O)Nc2cc(-c3cccs3)ccc2N)cc1. The summed E-state index contributed by atoms with van der Waals surface area (Å²) in [4.78, 5) is 13.7. The van der Waals surface area contributed by atoms with Gasteiger partial charge in [-0.2, -0.15) is 0 Å². The topological polar surface area (TPSA) is 116 Å². The van der Waals surface area contributed by atoms with Gasteiger partial charge in [0.05, 0.1) is 23.7 Å². The van der Waals surface area contributed by atoms with Crippen LogP contribution in [-0.4, -0.2) is 39.6 Å². The molecule has 1 heterocycles. The maximum Gasteiger partial charge on any atom is 0.255 e. The van der Waals surface area contributed by atoms with Gasteiger partial charge in [0.15, 0.2) is 0 Å². The Morgan fingerprint density at radius 1 is 1.16 bits per heavy atom. The number of carbonyl (C=O) groups excluding carboxylic acids is 1. The van der Waals surface area contributed by atoms with Crippen molar-refractivity contribution in [1.29, 1.82) is 0 Å². The number of benzene rings is 2. The summed E-state index contributed by atoms with van der Waals surface area (Å²) in [7, 11) is -6.41. The molecule has 164 valence electrons. The Balaban J connectivity index is 1.71. The number of rotatable bonds is 8. The molecule has 1 amide bonds. The van der Waals surface area contributed by atoms with Crippen LogP contribution in [0.2, 0.25) is 0 Å². The number of hydrogen-bond acceptors (Lipinski definition) is 7. The fraction of sp³-hybridized carbons (Fsp3) is 0.190. The lowest BCUT2D eigenvalue weighted by Crippen LogP contribution is -2.16. The summed E-state index contributed by atoms with van der Waals surface area (Å²) in [5.41, 5.74) is 8.29. The number of amides is 1. The van der Waals surface area contributed by atoms with E-state index < -0.39 is 17.2 Å². The van der Waals surface area contributed by atoms with E-state index in [0.29, 0.717) is 22.2 Å². The van der Waals surface area contributed by atoms with Gasteiger partial charge in [-0.1, -0.05) is 12.1 Å². The second kappa shape index (κ2) is 9.36. The molecule has 3 rings (SSSR count). The number of anilines is 2. The third-order valence-electron chi connectivity index (χ3n) is 4.50. The Kier molecular flexibility index (Phi) is 7.01. The van der Waals surface area contributed by atoms with E-state index in [-0.39, 0.29) is 18.3 Å². The standard InChI is InChI=1S/C21H23N2O5PS2/c1-29(25,28-11-13-31(2,26)27)17-8-5-15(6-9-17)21(24)23-19-14-16(7-10-18(19)22)20-4-3-12-30-20/h3-10,12,14H,11,13,22H2,1-2H3,(H,23,24). The van der Waals surface area contributed by atoms with Crippen molar-refractivity contribution in [1.82, 2.24) is 0 Å². The zero-order valence-corrected chi connectivity index (χ0v) is 19.6. The Morgan fingerprint density at radius 2 is 1.87 bits per heavy atom. The first-order valence-corrected chi connectivity index (χ1v) is 14.3. The first-order valence-electron chi connectivity index (χ1n) is 9.30. The zero-order chi connectivity index (χ0) is 22.6. The predicted octanol–water partition coefficient (Wildman–Crippen LogP) is 3.84. The zero-order valence-electron chi connectivity index (χ0n) is 17.1. The molecule has 1 unspecified atom stereocenters. The number of nitrogens with one attached hydrogen (secondary N) is 1. The van der Waals surface area contributed by atoms with E-state index >= 15 is 0 Å². The quantitative estimate of drug-likeness (QED) is 0.375. The molecule has 7 nitrogen and oxygen atoms in total. The molecule has 3 N–H and O–H groups in total. The van der Waals surface area contributed by atoms with Gasteiger partial charge in [0.2, 0.25) is 7.37 Å². The van der Waals surface area contributed by atoms with E-state index in [1.807, 2.05) is 29.6 Å². The molecule has 0 saturated carbocycles. The molecule has 0 aliphatic heterocycles. The third kappa shape index (κ3) is 6.27. The first kappa shape index (κ1) is 23.2. The normalized spacial score (nSPS) is 13.5. The van der Waals surface area contributed by atoms with E-state index in [9.17, 15) is 17.8 Å². The van der Waals surface area contributed by atoms with Gasteiger partial charge >= 0.3 is 0 Å². The van der Waals surface area contributed by atoms with E-state index in [1.54, 1.807) is 41.7 Å². The summed E-state index contributed by atoms with van der Waals surface area (Å²) in [5.74, 6) is -0.567. The number of nitrogen functional groups attached to an aromatic ring is 1. The fourth-order valence-corrected chi connectivity index (χ4v) is 5.29. The average molecular weight is 479 g/mol. The average Bonchev–Trinajstić information content (AvgIpc) is 3.23. The molecule has 0 radical (unpaired) electrons. The number of thiophene rings is 1. The van der Waals surface area contributed by atoms with Crippen molar-refractivity contribution in [3.8, 4) is 10.4 Å². The lowest BCUT2D eigenvalue weighted by molar-refractivity contribution is 0.102. The molecule has 0 spiro atoms. The van der Waals surface area contributed by atoms with E-state index in [4.69, 9.17) is 10.3 Å². The Bertz CT molecular complexity index is 1220. The third-order valence-corrected chi connectivity index (χ3v) is 8.24. The molecule has 10 heteroatoms. The minimum Gasteiger partial charge on any atom is -0.397 e. The van der Waals surface area contributed by atoms with Crippen molar-refractivity contribution in [2.75, 3.05) is 36.3 Å². The van der Waals surface area contributed by atoms with Crippen LogP contribution in [0.25, 0.3) is 10.4 Å². The van der Waals surface area contributed by atoms with Gasteiger partial charge in [-0.15, -0.1) is 11.3 Å². The lowest BCUT2D eigenvalue weighted by Gasteiger charge is -2.14. The second-order valence-corrected chi connectivity index (χ2v) is 12.8. The smallest absolute Gasteiger partial charge is 0.255 e. The Morgan fingerprint density at radius 3 is 2.48 bits per heavy atom. The number of carbonyl (C=O) groups is 1. The van der Waals surface area contributed by atoms with Gasteiger partial charge in [0, 0.05) is 28.7 Å². The lowest BCUT2D eigenvalue weighted by atomic mass is 10.1. The molecular weight excluding hydrogens is 455 g/mol. The number of sulfone groups is 1. The summed E-state index contributed by atoms with van der Waals surface area (Å²) in [6, 6.07) is 15.6. The minimum absolute atomic E-state index is 0.158. The van der Waals surface area contributed by atoms with Crippen molar-refractivity contribution < 1.29 is 22.3 Å². The largest absolute Gasteiger partial charge is 0.397 e. The van der Waals surface area contributed by atoms with Crippen LogP contribution in [0.4, 0.5) is 11.4 Å². The molecule has 0 saturated heterocycles. The molecular formula is C21H23N2O5PS2. The first-order chi connectivity index (χ1) is 14.5. The highest BCUT2D eigenvalue weighted by atomic mass is 32.2. The Hall–Kier alpha value is -2.45. The van der Waals surface area contributed by atoms with Crippen LogP contribution in [0.1, 0.15) is 10.4 Å². The van der Waals surface area contributed by atoms with Crippen LogP contribution in [0.5, 0.6) is 0 Å². The highest BCUT2D eigenvalue weighted by molar-refractivity contribution is 7.90. The van der Waals surface area contributed by atoms with Gasteiger partial charge in [-0.25, -0.2) is 8.42 Å². The molecule has 31 heavy (non-hydrogen) atoms. The maximum absolute atomic E-state index is 12.7. The summed E-state index contributed by atoms with van der Waals surface area (Å²) in [5, 5.41) is 5.19. The van der Waals surface area contributed by atoms with Crippen molar-refractivity contribution in [2.45, 2.75) is 0 Å². The van der Waals surface area contributed by atoms with E-state index in [1.165, 1.54) is 6.66 Å². The van der Waals surface area contributed by atoms with Crippen molar-refractivity contribution in [3.63, 3.8) is 0 Å². The number of hydrogen-bond donors (Lipinski definition) is 2. The molecule has 3 aromatic rings. The van der Waals surface area contributed by atoms with Gasteiger partial charge in [-0.05, 0) is 53.4 Å². The fourth-order valence-electron chi connectivity index (χ4n) is 2.78. The van der Waals surface area contributed by atoms with Crippen molar-refractivity contribution >= 4 is 51.1 Å². The van der Waals surface area contributed by atoms with Crippen LogP contribution in [0.15, 0.2) is 60.0 Å². The molecule has 0 aliphatic rings. The van der Waals surface area contributed by atoms with Crippen molar-refractivity contribution in [3.05, 3.63) is 65.5 Å². The van der Waals surface area contributed by atoms with Gasteiger partial charge < -0.3 is 15.6 Å². The molecule has 0 aliphatic carbocycles. The highest BCUT2D eigenvalue weighted by Gasteiger charge is 2.20. The molecule has 1 atom stereocenters. The second-order valence-electron chi connectivity index (χ2n) is 7.09. The van der Waals surface area contributed by atoms with E-state index in [2.05, 4.69) is 5.32 Å². The maximum atomic E-state index is 12.7. The van der Waals surface area contributed by atoms with Crippen molar-refractivity contribution in [2.24, 2.45) is 0 Å². The van der Waals surface area contributed by atoms with Crippen LogP contribution in [-0.2, 0) is 18.9 Å². The molecule has 2 aromatic carbocycles. The minimum atomic E-state index is -3.21. The van der Waals surface area contributed by atoms with Crippen LogP contribution in [0.3, 0.4) is 0 Å². The highest BCUT2D eigenvalue weighted by Crippen LogP contribution is 2.41. The Labute approximate surface area is 185 Å². The van der Waals surface area contributed by atoms with Gasteiger partial charge in [0.25, 0.3) is 5.91 Å². The predicted molar refractivity (Wildman–Crippen MR) is 127 cm³/mol. The number of nitrogens with two attached hydrogens (primary N) is 1.